The monoisotopic (exact) mass is 282 g/mol. The van der Waals surface area contributed by atoms with Crippen LogP contribution in [-0.2, 0) is 10.3 Å². The molecular formula is C15H26N2OS. The van der Waals surface area contributed by atoms with Gasteiger partial charge in [-0.05, 0) is 48.0 Å². The van der Waals surface area contributed by atoms with E-state index in [9.17, 15) is 0 Å². The van der Waals surface area contributed by atoms with Gasteiger partial charge in [-0.1, -0.05) is 0 Å². The van der Waals surface area contributed by atoms with Crippen LogP contribution in [0.1, 0.15) is 56.1 Å². The van der Waals surface area contributed by atoms with Crippen molar-refractivity contribution in [3.63, 3.8) is 0 Å². The molecule has 0 radical (unpaired) electrons. The van der Waals surface area contributed by atoms with Gasteiger partial charge in [0.2, 0.25) is 0 Å². The molecule has 0 spiro atoms. The van der Waals surface area contributed by atoms with Gasteiger partial charge in [-0.25, -0.2) is 4.98 Å². The Balaban J connectivity index is 2.39. The summed E-state index contributed by atoms with van der Waals surface area (Å²) in [4.78, 5) is 6.15. The normalized spacial score (nSPS) is 26.9. The third-order valence-electron chi connectivity index (χ3n) is 3.75. The zero-order chi connectivity index (χ0) is 14.3. The first-order valence-corrected chi connectivity index (χ1v) is 7.92. The van der Waals surface area contributed by atoms with Crippen LogP contribution in [0, 0.1) is 13.8 Å². The molecule has 1 aliphatic rings. The van der Waals surface area contributed by atoms with Crippen LogP contribution in [0.2, 0.25) is 0 Å². The van der Waals surface area contributed by atoms with E-state index in [0.29, 0.717) is 6.04 Å². The van der Waals surface area contributed by atoms with Gasteiger partial charge >= 0.3 is 0 Å². The minimum absolute atomic E-state index is 0.0282. The van der Waals surface area contributed by atoms with Gasteiger partial charge in [0.1, 0.15) is 5.01 Å². The first-order valence-electron chi connectivity index (χ1n) is 7.10. The Kier molecular flexibility index (Phi) is 4.05. The number of ether oxygens (including phenoxy) is 1. The second-order valence-electron chi connectivity index (χ2n) is 6.58. The number of aromatic nitrogens is 1. The van der Waals surface area contributed by atoms with Crippen molar-refractivity contribution in [3.05, 3.63) is 15.6 Å². The van der Waals surface area contributed by atoms with E-state index in [1.54, 1.807) is 0 Å². The topological polar surface area (TPSA) is 34.2 Å². The van der Waals surface area contributed by atoms with Crippen molar-refractivity contribution in [1.82, 2.24) is 10.3 Å². The Morgan fingerprint density at radius 3 is 2.47 bits per heavy atom. The van der Waals surface area contributed by atoms with Gasteiger partial charge in [-0.15, -0.1) is 11.3 Å². The van der Waals surface area contributed by atoms with E-state index in [2.05, 4.69) is 46.9 Å². The highest BCUT2D eigenvalue weighted by Gasteiger charge is 2.44. The molecule has 1 aromatic heterocycles. The minimum atomic E-state index is -0.0897. The van der Waals surface area contributed by atoms with Gasteiger partial charge in [0.15, 0.2) is 0 Å². The van der Waals surface area contributed by atoms with Crippen molar-refractivity contribution in [3.8, 4) is 0 Å². The quantitative estimate of drug-likeness (QED) is 0.920. The molecule has 1 aliphatic heterocycles. The fourth-order valence-electron chi connectivity index (χ4n) is 2.97. The summed E-state index contributed by atoms with van der Waals surface area (Å²) < 4.78 is 5.90. The van der Waals surface area contributed by atoms with Crippen molar-refractivity contribution in [1.29, 1.82) is 0 Å². The van der Waals surface area contributed by atoms with Crippen LogP contribution in [0.25, 0.3) is 0 Å². The zero-order valence-corrected chi connectivity index (χ0v) is 13.8. The lowest BCUT2D eigenvalue weighted by atomic mass is 9.81. The molecule has 0 aliphatic carbocycles. The van der Waals surface area contributed by atoms with Crippen LogP contribution in [-0.4, -0.2) is 23.2 Å². The summed E-state index contributed by atoms with van der Waals surface area (Å²) in [6.07, 6.45) is 1.98. The third kappa shape index (κ3) is 3.18. The van der Waals surface area contributed by atoms with E-state index in [-0.39, 0.29) is 11.1 Å². The van der Waals surface area contributed by atoms with Crippen molar-refractivity contribution in [2.24, 2.45) is 0 Å². The number of hydrogen-bond acceptors (Lipinski definition) is 4. The van der Waals surface area contributed by atoms with Gasteiger partial charge in [0.25, 0.3) is 0 Å². The maximum Gasteiger partial charge on any atom is 0.113 e. The Hall–Kier alpha value is -0.450. The minimum Gasteiger partial charge on any atom is -0.375 e. The molecule has 0 aromatic carbocycles. The lowest BCUT2D eigenvalue weighted by molar-refractivity contribution is -0.0913. The van der Waals surface area contributed by atoms with Crippen LogP contribution < -0.4 is 5.32 Å². The van der Waals surface area contributed by atoms with Crippen molar-refractivity contribution in [2.45, 2.75) is 71.6 Å². The molecular weight excluding hydrogens is 256 g/mol. The summed E-state index contributed by atoms with van der Waals surface area (Å²) in [5.41, 5.74) is 1.04. The fourth-order valence-corrected chi connectivity index (χ4v) is 4.06. The molecule has 108 valence electrons. The summed E-state index contributed by atoms with van der Waals surface area (Å²) in [7, 11) is 0. The predicted octanol–water partition coefficient (Wildman–Crippen LogP) is 3.54. The summed E-state index contributed by atoms with van der Waals surface area (Å²) in [5.74, 6) is 0. The Labute approximate surface area is 120 Å². The first-order chi connectivity index (χ1) is 8.74. The Bertz CT molecular complexity index is 433. The average molecular weight is 282 g/mol. The second-order valence-corrected chi connectivity index (χ2v) is 7.78. The smallest absolute Gasteiger partial charge is 0.113 e. The number of rotatable bonds is 3. The van der Waals surface area contributed by atoms with Crippen LogP contribution in [0.3, 0.4) is 0 Å². The third-order valence-corrected chi connectivity index (χ3v) is 5.03. The molecule has 19 heavy (non-hydrogen) atoms. The Morgan fingerprint density at radius 1 is 1.32 bits per heavy atom. The van der Waals surface area contributed by atoms with Gasteiger partial charge in [0.05, 0.1) is 16.8 Å². The average Bonchev–Trinajstić information content (AvgIpc) is 2.57. The number of hydrogen-bond donors (Lipinski definition) is 1. The molecule has 1 unspecified atom stereocenters. The maximum atomic E-state index is 5.90. The van der Waals surface area contributed by atoms with E-state index in [4.69, 9.17) is 9.72 Å². The molecule has 1 N–H and O–H groups in total. The number of nitrogens with zero attached hydrogens (tertiary/aromatic N) is 1. The molecule has 1 aromatic rings. The number of aryl methyl sites for hydroxylation is 2. The van der Waals surface area contributed by atoms with Crippen molar-refractivity contribution >= 4 is 11.3 Å². The molecule has 1 saturated heterocycles. The van der Waals surface area contributed by atoms with Crippen LogP contribution in [0.5, 0.6) is 0 Å². The molecule has 0 amide bonds. The number of thiazole rings is 1. The van der Waals surface area contributed by atoms with Crippen molar-refractivity contribution < 1.29 is 4.74 Å². The molecule has 4 heteroatoms. The van der Waals surface area contributed by atoms with E-state index >= 15 is 0 Å². The number of nitrogens with one attached hydrogen (secondary N) is 1. The molecule has 2 rings (SSSR count). The standard InChI is InChI=1S/C15H26N2OS/c1-10(2)17-15(7-8-18-14(5,6)9-15)13-16-11(3)12(4)19-13/h10,17H,7-9H2,1-6H3. The lowest BCUT2D eigenvalue weighted by Crippen LogP contribution is -2.54. The highest BCUT2D eigenvalue weighted by atomic mass is 32.1. The lowest BCUT2D eigenvalue weighted by Gasteiger charge is -2.45. The SMILES string of the molecule is Cc1nc(C2(NC(C)C)CCOC(C)(C)C2)sc1C. The highest BCUT2D eigenvalue weighted by Crippen LogP contribution is 2.41. The van der Waals surface area contributed by atoms with E-state index in [0.717, 1.165) is 25.1 Å². The zero-order valence-electron chi connectivity index (χ0n) is 13.0. The van der Waals surface area contributed by atoms with E-state index in [1.165, 1.54) is 9.88 Å². The fraction of sp³-hybridized carbons (Fsp3) is 0.800. The molecule has 0 bridgehead atoms. The Morgan fingerprint density at radius 2 is 2.00 bits per heavy atom. The van der Waals surface area contributed by atoms with E-state index in [1.807, 2.05) is 11.3 Å². The largest absolute Gasteiger partial charge is 0.375 e. The summed E-state index contributed by atoms with van der Waals surface area (Å²) in [5, 5.41) is 5.00. The molecule has 1 fully saturated rings. The van der Waals surface area contributed by atoms with E-state index < -0.39 is 0 Å². The van der Waals surface area contributed by atoms with Crippen molar-refractivity contribution in [2.75, 3.05) is 6.61 Å². The van der Waals surface area contributed by atoms with Crippen LogP contribution in [0.4, 0.5) is 0 Å². The van der Waals surface area contributed by atoms with Gasteiger partial charge < -0.3 is 10.1 Å². The van der Waals surface area contributed by atoms with Crippen LogP contribution >= 0.6 is 11.3 Å². The second kappa shape index (κ2) is 5.15. The molecule has 3 nitrogen and oxygen atoms in total. The molecule has 2 heterocycles. The van der Waals surface area contributed by atoms with Gasteiger partial charge in [0, 0.05) is 23.9 Å². The predicted molar refractivity (Wildman–Crippen MR) is 80.8 cm³/mol. The molecule has 1 atom stereocenters. The maximum absolute atomic E-state index is 5.90. The molecule has 0 saturated carbocycles. The highest BCUT2D eigenvalue weighted by molar-refractivity contribution is 7.11. The summed E-state index contributed by atoms with van der Waals surface area (Å²) in [6.45, 7) is 13.8. The van der Waals surface area contributed by atoms with Crippen LogP contribution in [0.15, 0.2) is 0 Å². The first kappa shape index (κ1) is 14.9. The van der Waals surface area contributed by atoms with Gasteiger partial charge in [-0.2, -0.15) is 0 Å². The van der Waals surface area contributed by atoms with Gasteiger partial charge in [-0.3, -0.25) is 0 Å². The summed E-state index contributed by atoms with van der Waals surface area (Å²) >= 11 is 1.83. The summed E-state index contributed by atoms with van der Waals surface area (Å²) in [6, 6.07) is 0.443.